The third-order valence-corrected chi connectivity index (χ3v) is 6.12. The van der Waals surface area contributed by atoms with E-state index in [9.17, 15) is 0 Å². The normalized spacial score (nSPS) is 28.4. The molecular weight excluding hydrogens is 244 g/mol. The molecule has 0 heterocycles. The van der Waals surface area contributed by atoms with Crippen LogP contribution in [0.25, 0.3) is 0 Å². The van der Waals surface area contributed by atoms with Crippen LogP contribution >= 0.6 is 0 Å². The van der Waals surface area contributed by atoms with E-state index >= 15 is 0 Å². The average molecular weight is 283 g/mol. The summed E-state index contributed by atoms with van der Waals surface area (Å²) in [6, 6.07) is 0.630. The van der Waals surface area contributed by atoms with Crippen LogP contribution in [0.4, 0.5) is 0 Å². The monoisotopic (exact) mass is 282 g/mol. The van der Waals surface area contributed by atoms with E-state index in [2.05, 4.69) is 51.9 Å². The highest BCUT2D eigenvalue weighted by atomic mass is 15.2. The predicted molar refractivity (Wildman–Crippen MR) is 90.2 cm³/mol. The van der Waals surface area contributed by atoms with Gasteiger partial charge in [0.05, 0.1) is 0 Å². The van der Waals surface area contributed by atoms with Crippen LogP contribution in [-0.2, 0) is 0 Å². The van der Waals surface area contributed by atoms with Crippen molar-refractivity contribution in [1.82, 2.24) is 10.2 Å². The van der Waals surface area contributed by atoms with Gasteiger partial charge in [-0.3, -0.25) is 4.90 Å². The van der Waals surface area contributed by atoms with E-state index in [1.165, 1.54) is 38.5 Å². The lowest BCUT2D eigenvalue weighted by Crippen LogP contribution is -2.61. The molecule has 1 N–H and O–H groups in total. The highest BCUT2D eigenvalue weighted by Gasteiger charge is 2.41. The third kappa shape index (κ3) is 3.76. The summed E-state index contributed by atoms with van der Waals surface area (Å²) in [5.74, 6) is 1.85. The minimum Gasteiger partial charge on any atom is -0.315 e. The minimum atomic E-state index is 0.294. The Morgan fingerprint density at radius 3 is 1.95 bits per heavy atom. The molecule has 1 rings (SSSR count). The van der Waals surface area contributed by atoms with Crippen molar-refractivity contribution in [2.75, 3.05) is 20.1 Å². The topological polar surface area (TPSA) is 15.3 Å². The van der Waals surface area contributed by atoms with Gasteiger partial charge >= 0.3 is 0 Å². The van der Waals surface area contributed by atoms with Crippen molar-refractivity contribution >= 4 is 0 Å². The second-order valence-corrected chi connectivity index (χ2v) is 6.84. The lowest BCUT2D eigenvalue weighted by atomic mass is 9.71. The molecule has 2 nitrogen and oxygen atoms in total. The van der Waals surface area contributed by atoms with E-state index in [0.29, 0.717) is 11.6 Å². The van der Waals surface area contributed by atoms with Crippen molar-refractivity contribution in [1.29, 1.82) is 0 Å². The van der Waals surface area contributed by atoms with Crippen molar-refractivity contribution in [3.05, 3.63) is 0 Å². The molecule has 1 aliphatic carbocycles. The number of nitrogens with one attached hydrogen (secondary N) is 1. The fourth-order valence-electron chi connectivity index (χ4n) is 4.57. The first kappa shape index (κ1) is 18.0. The van der Waals surface area contributed by atoms with Crippen LogP contribution in [0.2, 0.25) is 0 Å². The Morgan fingerprint density at radius 1 is 1.05 bits per heavy atom. The third-order valence-electron chi connectivity index (χ3n) is 6.12. The quantitative estimate of drug-likeness (QED) is 0.714. The van der Waals surface area contributed by atoms with Crippen molar-refractivity contribution in [2.24, 2.45) is 11.8 Å². The molecule has 0 spiro atoms. The van der Waals surface area contributed by atoms with Crippen molar-refractivity contribution in [2.45, 2.75) is 84.7 Å². The van der Waals surface area contributed by atoms with Gasteiger partial charge in [-0.25, -0.2) is 0 Å². The Morgan fingerprint density at radius 2 is 1.60 bits per heavy atom. The van der Waals surface area contributed by atoms with Gasteiger partial charge in [-0.2, -0.15) is 0 Å². The van der Waals surface area contributed by atoms with Gasteiger partial charge in [0, 0.05) is 11.6 Å². The number of hydrogen-bond acceptors (Lipinski definition) is 2. The van der Waals surface area contributed by atoms with Gasteiger partial charge < -0.3 is 5.32 Å². The van der Waals surface area contributed by atoms with Gasteiger partial charge in [0.25, 0.3) is 0 Å². The summed E-state index contributed by atoms with van der Waals surface area (Å²) in [6.07, 6.45) is 8.32. The van der Waals surface area contributed by atoms with Crippen LogP contribution < -0.4 is 5.32 Å². The molecule has 0 aromatic heterocycles. The molecule has 120 valence electrons. The van der Waals surface area contributed by atoms with E-state index in [-0.39, 0.29) is 0 Å². The van der Waals surface area contributed by atoms with Gasteiger partial charge in [-0.1, -0.05) is 47.0 Å². The zero-order chi connectivity index (χ0) is 15.2. The number of rotatable bonds is 8. The Labute approximate surface area is 127 Å². The summed E-state index contributed by atoms with van der Waals surface area (Å²) < 4.78 is 0. The second-order valence-electron chi connectivity index (χ2n) is 6.84. The minimum absolute atomic E-state index is 0.294. The zero-order valence-corrected chi connectivity index (χ0v) is 14.8. The summed E-state index contributed by atoms with van der Waals surface area (Å²) in [4.78, 5) is 2.67. The van der Waals surface area contributed by atoms with Crippen LogP contribution in [0.15, 0.2) is 0 Å². The van der Waals surface area contributed by atoms with Crippen LogP contribution in [0.1, 0.15) is 73.1 Å². The lowest BCUT2D eigenvalue weighted by Gasteiger charge is -2.50. The van der Waals surface area contributed by atoms with Crippen molar-refractivity contribution in [3.63, 3.8) is 0 Å². The molecule has 0 saturated heterocycles. The van der Waals surface area contributed by atoms with Gasteiger partial charge in [-0.15, -0.1) is 0 Å². The summed E-state index contributed by atoms with van der Waals surface area (Å²) >= 11 is 0. The number of nitrogens with zero attached hydrogens (tertiary/aromatic N) is 1. The highest BCUT2D eigenvalue weighted by molar-refractivity contribution is 4.99. The molecule has 0 aromatic rings. The van der Waals surface area contributed by atoms with E-state index < -0.39 is 0 Å². The largest absolute Gasteiger partial charge is 0.315 e. The Balaban J connectivity index is 2.81. The molecule has 0 aromatic carbocycles. The molecular formula is C18H38N2. The smallest absolute Gasteiger partial charge is 0.0334 e. The van der Waals surface area contributed by atoms with Crippen molar-refractivity contribution in [3.8, 4) is 0 Å². The molecule has 1 fully saturated rings. The standard InChI is InChI=1S/C18H38N2/c1-7-15-11-13-16(14-12-15)17(19-6)18(5,8-2)20(9-3)10-4/h15-17,19H,7-14H2,1-6H3. The van der Waals surface area contributed by atoms with Crippen LogP contribution in [0.3, 0.4) is 0 Å². The molecule has 0 radical (unpaired) electrons. The highest BCUT2D eigenvalue weighted by Crippen LogP contribution is 2.38. The SMILES string of the molecule is CCC1CCC(C(NC)C(C)(CC)N(CC)CC)CC1. The maximum atomic E-state index is 3.70. The average Bonchev–Trinajstić information content (AvgIpc) is 2.49. The predicted octanol–water partition coefficient (Wildman–Crippen LogP) is 4.30. The molecule has 1 aliphatic rings. The van der Waals surface area contributed by atoms with Crippen LogP contribution in [-0.4, -0.2) is 36.6 Å². The first-order chi connectivity index (χ1) is 9.57. The summed E-state index contributed by atoms with van der Waals surface area (Å²) in [5, 5.41) is 3.70. The van der Waals surface area contributed by atoms with Gasteiger partial charge in [0.1, 0.15) is 0 Å². The molecule has 2 unspecified atom stereocenters. The molecule has 1 saturated carbocycles. The molecule has 0 bridgehead atoms. The number of hydrogen-bond donors (Lipinski definition) is 1. The Bertz CT molecular complexity index is 254. The zero-order valence-electron chi connectivity index (χ0n) is 14.8. The number of likely N-dealkylation sites (N-methyl/N-ethyl adjacent to an activating group) is 2. The van der Waals surface area contributed by atoms with Gasteiger partial charge in [-0.05, 0) is 58.2 Å². The Hall–Kier alpha value is -0.0800. The maximum Gasteiger partial charge on any atom is 0.0334 e. The maximum absolute atomic E-state index is 3.70. The van der Waals surface area contributed by atoms with Gasteiger partial charge in [0.15, 0.2) is 0 Å². The van der Waals surface area contributed by atoms with Gasteiger partial charge in [0.2, 0.25) is 0 Å². The lowest BCUT2D eigenvalue weighted by molar-refractivity contribution is 0.0354. The molecule has 0 aliphatic heterocycles. The van der Waals surface area contributed by atoms with E-state index in [1.807, 2.05) is 0 Å². The van der Waals surface area contributed by atoms with Crippen molar-refractivity contribution < 1.29 is 0 Å². The Kier molecular flexibility index (Phi) is 7.53. The second kappa shape index (κ2) is 8.38. The van der Waals surface area contributed by atoms with Crippen LogP contribution in [0.5, 0.6) is 0 Å². The van der Waals surface area contributed by atoms with E-state index in [4.69, 9.17) is 0 Å². The molecule has 2 heteroatoms. The summed E-state index contributed by atoms with van der Waals surface area (Å²) in [6.45, 7) is 14.1. The first-order valence-electron chi connectivity index (χ1n) is 8.99. The fourth-order valence-corrected chi connectivity index (χ4v) is 4.57. The fraction of sp³-hybridized carbons (Fsp3) is 1.00. The van der Waals surface area contributed by atoms with E-state index in [0.717, 1.165) is 24.9 Å². The van der Waals surface area contributed by atoms with E-state index in [1.54, 1.807) is 0 Å². The molecule has 2 atom stereocenters. The summed E-state index contributed by atoms with van der Waals surface area (Å²) in [7, 11) is 2.17. The molecule has 20 heavy (non-hydrogen) atoms. The van der Waals surface area contributed by atoms with Crippen LogP contribution in [0, 0.1) is 11.8 Å². The summed E-state index contributed by atoms with van der Waals surface area (Å²) in [5.41, 5.74) is 0.294. The molecule has 0 amide bonds. The first-order valence-corrected chi connectivity index (χ1v) is 8.99.